The summed E-state index contributed by atoms with van der Waals surface area (Å²) in [5.41, 5.74) is 5.58. The number of nitrogens with zero attached hydrogens (tertiary/aromatic N) is 1. The van der Waals surface area contributed by atoms with Crippen LogP contribution in [0.3, 0.4) is 0 Å². The van der Waals surface area contributed by atoms with E-state index in [4.69, 9.17) is 5.73 Å². The van der Waals surface area contributed by atoms with Crippen LogP contribution in [0.1, 0.15) is 13.3 Å². The van der Waals surface area contributed by atoms with Crippen LogP contribution < -0.4 is 5.73 Å². The normalized spacial score (nSPS) is 21.9. The lowest BCUT2D eigenvalue weighted by Gasteiger charge is -2.16. The fourth-order valence-electron chi connectivity index (χ4n) is 2.00. The lowest BCUT2D eigenvalue weighted by atomic mass is 10.2. The molecule has 1 aromatic carbocycles. The SMILES string of the molecule is CC1CCN(S(=O)(=O)c2cc(N)cc(F)c2)C1. The smallest absolute Gasteiger partial charge is 0.243 e. The van der Waals surface area contributed by atoms with Crippen molar-refractivity contribution in [3.8, 4) is 0 Å². The number of sulfonamides is 1. The van der Waals surface area contributed by atoms with Gasteiger partial charge in [-0.2, -0.15) is 4.31 Å². The summed E-state index contributed by atoms with van der Waals surface area (Å²) in [5.74, 6) is -0.286. The monoisotopic (exact) mass is 258 g/mol. The fourth-order valence-corrected chi connectivity index (χ4v) is 3.64. The second-order valence-corrected chi connectivity index (χ2v) is 6.42. The van der Waals surface area contributed by atoms with Gasteiger partial charge < -0.3 is 5.73 Å². The average Bonchev–Trinajstić information content (AvgIpc) is 2.64. The zero-order chi connectivity index (χ0) is 12.6. The second-order valence-electron chi connectivity index (χ2n) is 4.48. The van der Waals surface area contributed by atoms with E-state index in [9.17, 15) is 12.8 Å². The maximum atomic E-state index is 13.2. The highest BCUT2D eigenvalue weighted by Gasteiger charge is 2.30. The minimum absolute atomic E-state index is 0.0656. The number of hydrogen-bond donors (Lipinski definition) is 1. The van der Waals surface area contributed by atoms with E-state index in [-0.39, 0.29) is 10.6 Å². The Morgan fingerprint density at radius 3 is 2.65 bits per heavy atom. The largest absolute Gasteiger partial charge is 0.399 e. The van der Waals surface area contributed by atoms with Gasteiger partial charge in [0, 0.05) is 18.8 Å². The van der Waals surface area contributed by atoms with E-state index in [1.165, 1.54) is 10.4 Å². The molecule has 1 heterocycles. The van der Waals surface area contributed by atoms with Gasteiger partial charge in [-0.1, -0.05) is 6.92 Å². The Morgan fingerprint density at radius 2 is 2.12 bits per heavy atom. The second kappa shape index (κ2) is 4.27. The molecule has 0 aliphatic carbocycles. The minimum atomic E-state index is -3.60. The standard InChI is InChI=1S/C11H15FN2O2S/c1-8-2-3-14(7-8)17(15,16)11-5-9(12)4-10(13)6-11/h4-6,8H,2-3,7,13H2,1H3. The van der Waals surface area contributed by atoms with E-state index < -0.39 is 15.8 Å². The minimum Gasteiger partial charge on any atom is -0.399 e. The van der Waals surface area contributed by atoms with Crippen LogP contribution in [-0.2, 0) is 10.0 Å². The molecule has 0 amide bonds. The number of rotatable bonds is 2. The van der Waals surface area contributed by atoms with Gasteiger partial charge in [0.25, 0.3) is 0 Å². The van der Waals surface area contributed by atoms with E-state index in [0.717, 1.165) is 18.6 Å². The summed E-state index contributed by atoms with van der Waals surface area (Å²) < 4.78 is 38.9. The van der Waals surface area contributed by atoms with Gasteiger partial charge in [0.1, 0.15) is 5.82 Å². The van der Waals surface area contributed by atoms with Crippen LogP contribution in [0.5, 0.6) is 0 Å². The van der Waals surface area contributed by atoms with Gasteiger partial charge in [-0.05, 0) is 30.5 Å². The predicted molar refractivity (Wildman–Crippen MR) is 63.4 cm³/mol. The Kier molecular flexibility index (Phi) is 3.09. The molecule has 0 radical (unpaired) electrons. The molecule has 17 heavy (non-hydrogen) atoms. The van der Waals surface area contributed by atoms with Crippen molar-refractivity contribution in [3.63, 3.8) is 0 Å². The summed E-state index contributed by atoms with van der Waals surface area (Å²) in [5, 5.41) is 0. The summed E-state index contributed by atoms with van der Waals surface area (Å²) in [4.78, 5) is -0.0656. The van der Waals surface area contributed by atoms with Gasteiger partial charge in [-0.15, -0.1) is 0 Å². The summed E-state index contributed by atoms with van der Waals surface area (Å²) in [6, 6.07) is 3.40. The van der Waals surface area contributed by atoms with Crippen molar-refractivity contribution in [1.29, 1.82) is 0 Å². The molecule has 1 aliphatic rings. The number of nitrogens with two attached hydrogens (primary N) is 1. The van der Waals surface area contributed by atoms with Gasteiger partial charge in [-0.3, -0.25) is 0 Å². The third-order valence-corrected chi connectivity index (χ3v) is 4.76. The molecular formula is C11H15FN2O2S. The highest BCUT2D eigenvalue weighted by Crippen LogP contribution is 2.25. The maximum Gasteiger partial charge on any atom is 0.243 e. The van der Waals surface area contributed by atoms with Crippen molar-refractivity contribution in [2.45, 2.75) is 18.2 Å². The van der Waals surface area contributed by atoms with Crippen LogP contribution in [-0.4, -0.2) is 25.8 Å². The molecule has 1 fully saturated rings. The molecule has 4 nitrogen and oxygen atoms in total. The van der Waals surface area contributed by atoms with Crippen molar-refractivity contribution >= 4 is 15.7 Å². The van der Waals surface area contributed by atoms with E-state index in [1.54, 1.807) is 0 Å². The van der Waals surface area contributed by atoms with Gasteiger partial charge in [0.05, 0.1) is 4.90 Å². The van der Waals surface area contributed by atoms with E-state index >= 15 is 0 Å². The Labute approximate surface area is 100 Å². The van der Waals surface area contributed by atoms with Gasteiger partial charge in [0.2, 0.25) is 10.0 Å². The zero-order valence-corrected chi connectivity index (χ0v) is 10.4. The Bertz CT molecular complexity index is 510. The Balaban J connectivity index is 2.38. The first-order valence-corrected chi connectivity index (χ1v) is 6.90. The molecule has 0 spiro atoms. The molecule has 1 unspecified atom stereocenters. The highest BCUT2D eigenvalue weighted by molar-refractivity contribution is 7.89. The van der Waals surface area contributed by atoms with Crippen LogP contribution in [0.2, 0.25) is 0 Å². The zero-order valence-electron chi connectivity index (χ0n) is 9.56. The van der Waals surface area contributed by atoms with Crippen LogP contribution in [0.15, 0.2) is 23.1 Å². The van der Waals surface area contributed by atoms with Crippen molar-refractivity contribution in [2.75, 3.05) is 18.8 Å². The van der Waals surface area contributed by atoms with Crippen LogP contribution in [0.25, 0.3) is 0 Å². The molecule has 0 bridgehead atoms. The maximum absolute atomic E-state index is 13.2. The molecule has 2 rings (SSSR count). The van der Waals surface area contributed by atoms with Crippen LogP contribution >= 0.6 is 0 Å². The number of nitrogen functional groups attached to an aromatic ring is 1. The lowest BCUT2D eigenvalue weighted by molar-refractivity contribution is 0.463. The van der Waals surface area contributed by atoms with Crippen molar-refractivity contribution in [1.82, 2.24) is 4.31 Å². The van der Waals surface area contributed by atoms with Gasteiger partial charge in [0.15, 0.2) is 0 Å². The summed E-state index contributed by atoms with van der Waals surface area (Å²) in [7, 11) is -3.60. The fraction of sp³-hybridized carbons (Fsp3) is 0.455. The quantitative estimate of drug-likeness (QED) is 0.816. The summed E-state index contributed by atoms with van der Waals surface area (Å²) in [6.45, 7) is 2.97. The molecule has 2 N–H and O–H groups in total. The number of benzene rings is 1. The van der Waals surface area contributed by atoms with E-state index in [1.807, 2.05) is 6.92 Å². The van der Waals surface area contributed by atoms with E-state index in [2.05, 4.69) is 0 Å². The topological polar surface area (TPSA) is 63.4 Å². The molecule has 1 aliphatic heterocycles. The Hall–Kier alpha value is -1.14. The first-order chi connectivity index (χ1) is 7.89. The third-order valence-electron chi connectivity index (χ3n) is 2.92. The Morgan fingerprint density at radius 1 is 1.41 bits per heavy atom. The molecule has 1 atom stereocenters. The lowest BCUT2D eigenvalue weighted by Crippen LogP contribution is -2.28. The van der Waals surface area contributed by atoms with Crippen molar-refractivity contribution in [3.05, 3.63) is 24.0 Å². The van der Waals surface area contributed by atoms with Crippen LogP contribution in [0, 0.1) is 11.7 Å². The summed E-state index contributed by atoms with van der Waals surface area (Å²) in [6.07, 6.45) is 0.837. The van der Waals surface area contributed by atoms with Gasteiger partial charge >= 0.3 is 0 Å². The van der Waals surface area contributed by atoms with Gasteiger partial charge in [-0.25, -0.2) is 12.8 Å². The predicted octanol–water partition coefficient (Wildman–Crippen LogP) is 1.44. The number of halogens is 1. The molecule has 6 heteroatoms. The first-order valence-electron chi connectivity index (χ1n) is 5.46. The molecule has 0 saturated carbocycles. The number of anilines is 1. The van der Waals surface area contributed by atoms with Crippen molar-refractivity contribution < 1.29 is 12.8 Å². The molecule has 1 saturated heterocycles. The van der Waals surface area contributed by atoms with Crippen molar-refractivity contribution in [2.24, 2.45) is 5.92 Å². The number of hydrogen-bond acceptors (Lipinski definition) is 3. The molecule has 1 aromatic rings. The van der Waals surface area contributed by atoms with E-state index in [0.29, 0.717) is 19.0 Å². The third kappa shape index (κ3) is 2.42. The first kappa shape index (κ1) is 12.3. The molecule has 94 valence electrons. The summed E-state index contributed by atoms with van der Waals surface area (Å²) >= 11 is 0. The molecular weight excluding hydrogens is 243 g/mol. The average molecular weight is 258 g/mol. The van der Waals surface area contributed by atoms with Crippen LogP contribution in [0.4, 0.5) is 10.1 Å². The molecule has 0 aromatic heterocycles. The highest BCUT2D eigenvalue weighted by atomic mass is 32.2.